The van der Waals surface area contributed by atoms with Gasteiger partial charge in [-0.15, -0.1) is 0 Å². The fraction of sp³-hybridized carbons (Fsp3) is 0.0889. The molecule has 46 heavy (non-hydrogen) atoms. The summed E-state index contributed by atoms with van der Waals surface area (Å²) in [6, 6.07) is 63.2. The zero-order chi connectivity index (χ0) is 31.2. The zero-order valence-electron chi connectivity index (χ0n) is 26.5. The van der Waals surface area contributed by atoms with Gasteiger partial charge in [-0.1, -0.05) is 0 Å². The third kappa shape index (κ3) is 4.56. The number of benzene rings is 6. The third-order valence-corrected chi connectivity index (χ3v) is 27.4. The number of allylic oxidation sites excluding steroid dienone is 4. The molecule has 0 saturated carbocycles. The molecule has 0 aliphatic heterocycles. The summed E-state index contributed by atoms with van der Waals surface area (Å²) in [7, 11) is 0. The van der Waals surface area contributed by atoms with E-state index in [4.69, 9.17) is 0 Å². The van der Waals surface area contributed by atoms with Crippen LogP contribution >= 0.6 is 0 Å². The van der Waals surface area contributed by atoms with E-state index in [1.165, 1.54) is 55.7 Å². The first-order chi connectivity index (χ1) is 22.5. The van der Waals surface area contributed by atoms with Crippen molar-refractivity contribution in [3.05, 3.63) is 213 Å². The number of hydrogen-bond donors (Lipinski definition) is 0. The summed E-state index contributed by atoms with van der Waals surface area (Å²) in [5, 5.41) is 0. The fourth-order valence-corrected chi connectivity index (χ4v) is 25.3. The Morgan fingerprint density at radius 1 is 0.478 bits per heavy atom. The Hall–Kier alpha value is -4.45. The molecule has 0 heterocycles. The quantitative estimate of drug-likeness (QED) is 0.166. The van der Waals surface area contributed by atoms with Crippen LogP contribution in [0.1, 0.15) is 43.4 Å². The fourth-order valence-electron chi connectivity index (χ4n) is 8.71. The number of hydrogen-bond acceptors (Lipinski definition) is 0. The molecule has 6 aromatic carbocycles. The SMILES string of the molecule is [CH3][Zr]([CH3])([C]1=CC(c2ccccc2)=C(c2ccccc2)C1)(=[C](c1ccccc1)c1ccccc1)[CH]1c2ccccc2-c2ccccc21. The summed E-state index contributed by atoms with van der Waals surface area (Å²) < 4.78 is 9.00. The van der Waals surface area contributed by atoms with E-state index < -0.39 is 18.3 Å². The molecular weight excluding hydrogens is 632 g/mol. The van der Waals surface area contributed by atoms with Crippen molar-refractivity contribution in [1.82, 2.24) is 0 Å². The van der Waals surface area contributed by atoms with Crippen molar-refractivity contribution in [2.75, 3.05) is 0 Å². The normalized spacial score (nSPS) is 14.5. The Morgan fingerprint density at radius 2 is 0.891 bits per heavy atom. The summed E-state index contributed by atoms with van der Waals surface area (Å²) >= 11 is -4.50. The van der Waals surface area contributed by atoms with E-state index in [1.54, 1.807) is 6.49 Å². The van der Waals surface area contributed by atoms with Gasteiger partial charge in [-0.3, -0.25) is 0 Å². The topological polar surface area (TPSA) is 0 Å². The van der Waals surface area contributed by atoms with Crippen LogP contribution in [0.3, 0.4) is 0 Å². The van der Waals surface area contributed by atoms with Gasteiger partial charge in [-0.25, -0.2) is 0 Å². The van der Waals surface area contributed by atoms with Gasteiger partial charge in [0, 0.05) is 0 Å². The van der Waals surface area contributed by atoms with Crippen LogP contribution in [0, 0.1) is 0 Å². The van der Waals surface area contributed by atoms with E-state index in [2.05, 4.69) is 185 Å². The maximum atomic E-state index is 2.75. The number of fused-ring (bicyclic) bond motifs is 3. The van der Waals surface area contributed by atoms with Crippen molar-refractivity contribution in [3.63, 3.8) is 0 Å². The molecule has 222 valence electrons. The van der Waals surface area contributed by atoms with E-state index >= 15 is 0 Å². The molecule has 0 amide bonds. The van der Waals surface area contributed by atoms with Gasteiger partial charge in [0.25, 0.3) is 0 Å². The van der Waals surface area contributed by atoms with Crippen LogP contribution in [-0.4, -0.2) is 3.21 Å². The Kier molecular flexibility index (Phi) is 7.19. The van der Waals surface area contributed by atoms with Crippen molar-refractivity contribution < 1.29 is 18.3 Å². The molecule has 6 aromatic rings. The molecule has 0 nitrogen and oxygen atoms in total. The van der Waals surface area contributed by atoms with Crippen LogP contribution < -0.4 is 0 Å². The van der Waals surface area contributed by atoms with E-state index in [-0.39, 0.29) is 0 Å². The van der Waals surface area contributed by atoms with E-state index in [0.29, 0.717) is 3.63 Å². The minimum absolute atomic E-state index is 0.294. The van der Waals surface area contributed by atoms with Gasteiger partial charge >= 0.3 is 276 Å². The number of rotatable bonds is 6. The molecule has 8 rings (SSSR count). The van der Waals surface area contributed by atoms with E-state index in [9.17, 15) is 0 Å². The average Bonchev–Trinajstić information content (AvgIpc) is 3.72. The zero-order valence-corrected chi connectivity index (χ0v) is 29.0. The molecule has 1 heteroatoms. The molecule has 2 aliphatic carbocycles. The van der Waals surface area contributed by atoms with Crippen LogP contribution in [0.2, 0.25) is 9.26 Å². The second kappa shape index (κ2) is 11.4. The molecule has 0 bridgehead atoms. The van der Waals surface area contributed by atoms with Crippen molar-refractivity contribution in [3.8, 4) is 11.1 Å². The molecule has 0 N–H and O–H groups in total. The van der Waals surface area contributed by atoms with Gasteiger partial charge in [0.2, 0.25) is 0 Å². The first-order valence-electron chi connectivity index (χ1n) is 16.4. The Morgan fingerprint density at radius 3 is 1.39 bits per heavy atom. The first kappa shape index (κ1) is 29.0. The maximum absolute atomic E-state index is 4.50. The summed E-state index contributed by atoms with van der Waals surface area (Å²) in [6.45, 7) is 0. The molecule has 0 atom stereocenters. The van der Waals surface area contributed by atoms with E-state index in [1.807, 2.05) is 0 Å². The van der Waals surface area contributed by atoms with Gasteiger partial charge in [-0.05, 0) is 0 Å². The second-order valence-electron chi connectivity index (χ2n) is 13.7. The second-order valence-corrected chi connectivity index (χ2v) is 30.1. The summed E-state index contributed by atoms with van der Waals surface area (Å²) in [6.07, 6.45) is 3.59. The molecule has 0 fully saturated rings. The summed E-state index contributed by atoms with van der Waals surface area (Å²) in [5.74, 6) is 0. The van der Waals surface area contributed by atoms with Crippen molar-refractivity contribution >= 4 is 14.4 Å². The minimum atomic E-state index is -4.50. The van der Waals surface area contributed by atoms with Crippen molar-refractivity contribution in [2.24, 2.45) is 0 Å². The van der Waals surface area contributed by atoms with Crippen molar-refractivity contribution in [1.29, 1.82) is 0 Å². The Balaban J connectivity index is 1.53. The molecule has 0 aromatic heterocycles. The van der Waals surface area contributed by atoms with Crippen LogP contribution in [0.5, 0.6) is 0 Å². The third-order valence-electron chi connectivity index (χ3n) is 10.8. The van der Waals surface area contributed by atoms with Crippen molar-refractivity contribution in [2.45, 2.75) is 19.3 Å². The monoisotopic (exact) mass is 668 g/mol. The van der Waals surface area contributed by atoms with Gasteiger partial charge in [0.1, 0.15) is 0 Å². The van der Waals surface area contributed by atoms with Crippen LogP contribution in [0.25, 0.3) is 22.3 Å². The summed E-state index contributed by atoms with van der Waals surface area (Å²) in [5.41, 5.74) is 13.9. The Labute approximate surface area is 274 Å². The van der Waals surface area contributed by atoms with Gasteiger partial charge < -0.3 is 0 Å². The standard InChI is InChI=1S/C17H13.C13H9.C13H10.2CH3.Zr/c1-3-8-14(9-4-1)16-12-7-13-17(16)15-10-5-2-6-11-15;1-3-7-12-10(5-1)9-11-6-2-4-8-13(11)12;1-3-7-12(8-4-1)11-13-9-5-2-6-10-13;;;/h1-6,8-12H,13H2;1-9H;1-10H;2*1H3;. The average molecular weight is 670 g/mol. The first-order valence-corrected chi connectivity index (χ1v) is 25.2. The molecule has 0 saturated heterocycles. The summed E-state index contributed by atoms with van der Waals surface area (Å²) in [4.78, 5) is 0. The van der Waals surface area contributed by atoms with Gasteiger partial charge in [0.15, 0.2) is 0 Å². The van der Waals surface area contributed by atoms with Crippen LogP contribution in [0.15, 0.2) is 179 Å². The van der Waals surface area contributed by atoms with Crippen LogP contribution in [0.4, 0.5) is 0 Å². The predicted octanol–water partition coefficient (Wildman–Crippen LogP) is 11.7. The van der Waals surface area contributed by atoms with Crippen LogP contribution in [-0.2, 0) is 18.3 Å². The van der Waals surface area contributed by atoms with E-state index in [0.717, 1.165) is 6.42 Å². The molecule has 0 spiro atoms. The molecule has 0 radical (unpaired) electrons. The molecule has 2 aliphatic rings. The Bertz CT molecular complexity index is 2110. The van der Waals surface area contributed by atoms with Gasteiger partial charge in [0.05, 0.1) is 0 Å². The molecular formula is C45H38Zr. The predicted molar refractivity (Wildman–Crippen MR) is 194 cm³/mol. The molecule has 0 unspecified atom stereocenters. The van der Waals surface area contributed by atoms with Gasteiger partial charge in [-0.2, -0.15) is 0 Å².